The second-order valence-corrected chi connectivity index (χ2v) is 6.60. The highest BCUT2D eigenvalue weighted by Crippen LogP contribution is 2.45. The maximum atomic E-state index is 13.7. The van der Waals surface area contributed by atoms with Gasteiger partial charge in [0.1, 0.15) is 5.82 Å². The molecule has 7 heteroatoms. The second kappa shape index (κ2) is 5.58. The van der Waals surface area contributed by atoms with Crippen molar-refractivity contribution < 1.29 is 13.6 Å². The molecule has 3 atom stereocenters. The highest BCUT2D eigenvalue weighted by atomic mass is 19.1. The number of hydrogen-bond donors (Lipinski definition) is 0. The molecule has 0 aliphatic carbocycles. The maximum absolute atomic E-state index is 13.7. The molecule has 1 aromatic carbocycles. The van der Waals surface area contributed by atoms with E-state index in [1.54, 1.807) is 19.9 Å². The number of carbonyl (C=O) groups excluding carboxylic acids is 1. The Morgan fingerprint density at radius 1 is 1.29 bits per heavy atom. The molecule has 0 radical (unpaired) electrons. The van der Waals surface area contributed by atoms with Crippen LogP contribution in [0.15, 0.2) is 28.7 Å². The number of amides is 1. The lowest BCUT2D eigenvalue weighted by Crippen LogP contribution is -2.34. The van der Waals surface area contributed by atoms with Crippen molar-refractivity contribution in [2.45, 2.75) is 19.9 Å². The Balaban J connectivity index is 1.64. The summed E-state index contributed by atoms with van der Waals surface area (Å²) in [5, 5.41) is 7.97. The number of hydrogen-bond acceptors (Lipinski definition) is 5. The van der Waals surface area contributed by atoms with Gasteiger partial charge in [0.25, 0.3) is 0 Å². The Hall–Kier alpha value is -2.44. The van der Waals surface area contributed by atoms with Gasteiger partial charge in [-0.3, -0.25) is 4.79 Å². The predicted molar refractivity (Wildman–Crippen MR) is 84.8 cm³/mol. The number of halogens is 1. The molecule has 2 fully saturated rings. The first-order valence-corrected chi connectivity index (χ1v) is 8.10. The Bertz CT molecular complexity index is 777. The summed E-state index contributed by atoms with van der Waals surface area (Å²) < 4.78 is 19.2. The summed E-state index contributed by atoms with van der Waals surface area (Å²) in [4.78, 5) is 16.0. The van der Waals surface area contributed by atoms with E-state index < -0.39 is 0 Å². The van der Waals surface area contributed by atoms with Gasteiger partial charge < -0.3 is 14.2 Å². The molecule has 126 valence electrons. The summed E-state index contributed by atoms with van der Waals surface area (Å²) in [5.74, 6) is 0.826. The van der Waals surface area contributed by atoms with Gasteiger partial charge in [0, 0.05) is 45.3 Å². The Morgan fingerprint density at radius 2 is 2.12 bits per heavy atom. The van der Waals surface area contributed by atoms with Gasteiger partial charge in [0.15, 0.2) is 0 Å². The molecule has 2 aliphatic rings. The average molecular weight is 330 g/mol. The lowest BCUT2D eigenvalue weighted by Gasteiger charge is -2.28. The molecule has 0 unspecified atom stereocenters. The van der Waals surface area contributed by atoms with E-state index in [1.165, 1.54) is 12.1 Å². The molecule has 3 heterocycles. The van der Waals surface area contributed by atoms with E-state index in [1.807, 2.05) is 11.0 Å². The van der Waals surface area contributed by atoms with Crippen molar-refractivity contribution in [3.8, 4) is 0 Å². The summed E-state index contributed by atoms with van der Waals surface area (Å²) in [5.41, 5.74) is 0.848. The fourth-order valence-corrected chi connectivity index (χ4v) is 4.06. The predicted octanol–water partition coefficient (Wildman–Crippen LogP) is 2.17. The molecule has 1 amide bonds. The summed E-state index contributed by atoms with van der Waals surface area (Å²) in [6.45, 7) is 5.50. The van der Waals surface area contributed by atoms with Crippen LogP contribution in [0.5, 0.6) is 0 Å². The number of nitrogens with zero attached hydrogens (tertiary/aromatic N) is 4. The SMILES string of the molecule is CC(=O)N1C[C@H]2CN(c3nnc(C)o3)C[C@H]2[C@@H]1c1cccc(F)c1. The standard InChI is InChI=1S/C17H19FN4O2/c1-10-19-20-17(24-10)21-7-13-8-22(11(2)23)16(15(13)9-21)12-4-3-5-14(18)6-12/h3-6,13,15-16H,7-9H2,1-2H3/t13-,15-,16+/m1/s1. The number of anilines is 1. The van der Waals surface area contributed by atoms with Crippen LogP contribution < -0.4 is 4.90 Å². The minimum Gasteiger partial charge on any atom is -0.408 e. The van der Waals surface area contributed by atoms with Crippen LogP contribution in [-0.2, 0) is 4.79 Å². The van der Waals surface area contributed by atoms with Crippen LogP contribution in [0.1, 0.15) is 24.4 Å². The van der Waals surface area contributed by atoms with Crippen LogP contribution in [0.4, 0.5) is 10.4 Å². The lowest BCUT2D eigenvalue weighted by molar-refractivity contribution is -0.130. The van der Waals surface area contributed by atoms with Crippen LogP contribution in [0.25, 0.3) is 0 Å². The van der Waals surface area contributed by atoms with Crippen molar-refractivity contribution in [2.24, 2.45) is 11.8 Å². The number of aryl methyl sites for hydroxylation is 1. The first-order chi connectivity index (χ1) is 11.5. The summed E-state index contributed by atoms with van der Waals surface area (Å²) >= 11 is 0. The Labute approximate surface area is 139 Å². The van der Waals surface area contributed by atoms with E-state index in [4.69, 9.17) is 4.42 Å². The van der Waals surface area contributed by atoms with Crippen molar-refractivity contribution in [3.05, 3.63) is 41.5 Å². The van der Waals surface area contributed by atoms with Gasteiger partial charge >= 0.3 is 6.01 Å². The molecule has 24 heavy (non-hydrogen) atoms. The topological polar surface area (TPSA) is 62.5 Å². The van der Waals surface area contributed by atoms with E-state index >= 15 is 0 Å². The number of aromatic nitrogens is 2. The highest BCUT2D eigenvalue weighted by Gasteiger charge is 2.49. The average Bonchev–Trinajstić information content (AvgIpc) is 3.19. The molecule has 0 saturated carbocycles. The van der Waals surface area contributed by atoms with Gasteiger partial charge in [-0.15, -0.1) is 5.10 Å². The van der Waals surface area contributed by atoms with Crippen LogP contribution >= 0.6 is 0 Å². The number of likely N-dealkylation sites (tertiary alicyclic amines) is 1. The largest absolute Gasteiger partial charge is 0.408 e. The molecule has 0 spiro atoms. The van der Waals surface area contributed by atoms with E-state index in [2.05, 4.69) is 15.1 Å². The minimum absolute atomic E-state index is 0.0267. The monoisotopic (exact) mass is 330 g/mol. The molecule has 2 saturated heterocycles. The highest BCUT2D eigenvalue weighted by molar-refractivity contribution is 5.74. The van der Waals surface area contributed by atoms with Gasteiger partial charge in [-0.2, -0.15) is 0 Å². The third-order valence-corrected chi connectivity index (χ3v) is 5.04. The molecule has 0 bridgehead atoms. The van der Waals surface area contributed by atoms with Crippen molar-refractivity contribution >= 4 is 11.9 Å². The summed E-state index contributed by atoms with van der Waals surface area (Å²) in [6.07, 6.45) is 0. The van der Waals surface area contributed by atoms with Crippen LogP contribution in [-0.4, -0.2) is 40.6 Å². The van der Waals surface area contributed by atoms with Crippen LogP contribution in [0, 0.1) is 24.6 Å². The molecular formula is C17H19FN4O2. The zero-order chi connectivity index (χ0) is 16.8. The van der Waals surface area contributed by atoms with Crippen molar-refractivity contribution in [1.82, 2.24) is 15.1 Å². The number of fused-ring (bicyclic) bond motifs is 1. The smallest absolute Gasteiger partial charge is 0.318 e. The van der Waals surface area contributed by atoms with Gasteiger partial charge in [-0.1, -0.05) is 17.2 Å². The second-order valence-electron chi connectivity index (χ2n) is 6.60. The minimum atomic E-state index is -0.276. The third kappa shape index (κ3) is 2.44. The van der Waals surface area contributed by atoms with Crippen molar-refractivity contribution in [3.63, 3.8) is 0 Å². The maximum Gasteiger partial charge on any atom is 0.318 e. The molecule has 0 N–H and O–H groups in total. The van der Waals surface area contributed by atoms with Crippen LogP contribution in [0.2, 0.25) is 0 Å². The molecule has 4 rings (SSSR count). The van der Waals surface area contributed by atoms with E-state index in [0.717, 1.165) is 18.7 Å². The number of benzene rings is 1. The fourth-order valence-electron chi connectivity index (χ4n) is 4.06. The van der Waals surface area contributed by atoms with Crippen LogP contribution in [0.3, 0.4) is 0 Å². The van der Waals surface area contributed by atoms with Gasteiger partial charge in [0.2, 0.25) is 11.8 Å². The first kappa shape index (κ1) is 15.1. The molecular weight excluding hydrogens is 311 g/mol. The van der Waals surface area contributed by atoms with Crippen molar-refractivity contribution in [2.75, 3.05) is 24.5 Å². The summed E-state index contributed by atoms with van der Waals surface area (Å²) in [6, 6.07) is 6.96. The first-order valence-electron chi connectivity index (χ1n) is 8.10. The van der Waals surface area contributed by atoms with Gasteiger partial charge in [0.05, 0.1) is 6.04 Å². The van der Waals surface area contributed by atoms with E-state index in [9.17, 15) is 9.18 Å². The summed E-state index contributed by atoms with van der Waals surface area (Å²) in [7, 11) is 0. The molecule has 2 aromatic rings. The number of carbonyl (C=O) groups is 1. The van der Waals surface area contributed by atoms with Gasteiger partial charge in [-0.25, -0.2) is 4.39 Å². The zero-order valence-corrected chi connectivity index (χ0v) is 13.6. The third-order valence-electron chi connectivity index (χ3n) is 5.04. The van der Waals surface area contributed by atoms with Gasteiger partial charge in [-0.05, 0) is 17.7 Å². The Morgan fingerprint density at radius 3 is 2.79 bits per heavy atom. The molecule has 1 aromatic heterocycles. The fraction of sp³-hybridized carbons (Fsp3) is 0.471. The van der Waals surface area contributed by atoms with E-state index in [-0.39, 0.29) is 23.7 Å². The quantitative estimate of drug-likeness (QED) is 0.844. The molecule has 2 aliphatic heterocycles. The lowest BCUT2D eigenvalue weighted by atomic mass is 9.89. The Kier molecular flexibility index (Phi) is 3.51. The normalized spacial score (nSPS) is 26.0. The van der Waals surface area contributed by atoms with Crippen molar-refractivity contribution in [1.29, 1.82) is 0 Å². The number of rotatable bonds is 2. The zero-order valence-electron chi connectivity index (χ0n) is 13.6. The van der Waals surface area contributed by atoms with E-state index in [0.29, 0.717) is 24.4 Å². The molecule has 6 nitrogen and oxygen atoms in total.